The van der Waals surface area contributed by atoms with Crippen LogP contribution in [0, 0.1) is 6.92 Å². The summed E-state index contributed by atoms with van der Waals surface area (Å²) in [6.45, 7) is 1.93. The Morgan fingerprint density at radius 1 is 1.56 bits per heavy atom. The van der Waals surface area contributed by atoms with Gasteiger partial charge in [-0.05, 0) is 31.4 Å². The molecule has 1 amide bonds. The minimum Gasteiger partial charge on any atom is -0.482 e. The average Bonchev–Trinajstić information content (AvgIpc) is 3.01. The van der Waals surface area contributed by atoms with E-state index in [0.717, 1.165) is 18.4 Å². The minimum absolute atomic E-state index is 0.0288. The smallest absolute Gasteiger partial charge is 0.258 e. The second-order valence-electron chi connectivity index (χ2n) is 4.02. The molecule has 3 nitrogen and oxygen atoms in total. The van der Waals surface area contributed by atoms with Crippen LogP contribution >= 0.6 is 11.6 Å². The lowest BCUT2D eigenvalue weighted by atomic mass is 10.2. The fraction of sp³-hybridized carbons (Fsp3) is 0.417. The Morgan fingerprint density at radius 2 is 2.31 bits per heavy atom. The zero-order chi connectivity index (χ0) is 11.5. The molecule has 1 saturated carbocycles. The first-order valence-electron chi connectivity index (χ1n) is 5.34. The number of para-hydroxylation sites is 1. The molecule has 0 aliphatic heterocycles. The number of carbonyl (C=O) groups is 1. The summed E-state index contributed by atoms with van der Waals surface area (Å²) in [6.07, 6.45) is 2.16. The van der Waals surface area contributed by atoms with Gasteiger partial charge in [-0.1, -0.05) is 23.7 Å². The standard InChI is InChI=1S/C12H14ClNO2/c1-8-3-2-4-10(13)12(8)16-7-11(15)14-9-5-6-9/h2-4,9H,5-7H2,1H3,(H,14,15). The highest BCUT2D eigenvalue weighted by Gasteiger charge is 2.23. The number of halogens is 1. The van der Waals surface area contributed by atoms with Crippen molar-refractivity contribution in [1.82, 2.24) is 5.32 Å². The third-order valence-corrected chi connectivity index (χ3v) is 2.75. The first-order valence-corrected chi connectivity index (χ1v) is 5.72. The van der Waals surface area contributed by atoms with Crippen molar-refractivity contribution in [1.29, 1.82) is 0 Å². The molecule has 4 heteroatoms. The lowest BCUT2D eigenvalue weighted by Crippen LogP contribution is -2.30. The van der Waals surface area contributed by atoms with E-state index in [4.69, 9.17) is 16.3 Å². The molecule has 1 aliphatic rings. The molecule has 1 N–H and O–H groups in total. The molecular weight excluding hydrogens is 226 g/mol. The number of amides is 1. The molecule has 0 bridgehead atoms. The van der Waals surface area contributed by atoms with E-state index in [9.17, 15) is 4.79 Å². The van der Waals surface area contributed by atoms with Crippen LogP contribution in [0.25, 0.3) is 0 Å². The molecule has 0 atom stereocenters. The van der Waals surface area contributed by atoms with Gasteiger partial charge in [0.25, 0.3) is 5.91 Å². The largest absolute Gasteiger partial charge is 0.482 e. The summed E-state index contributed by atoms with van der Waals surface area (Å²) in [5.41, 5.74) is 0.937. The Balaban J connectivity index is 1.90. The van der Waals surface area contributed by atoms with E-state index in [1.165, 1.54) is 0 Å². The van der Waals surface area contributed by atoms with Gasteiger partial charge < -0.3 is 10.1 Å². The Kier molecular flexibility index (Phi) is 3.34. The summed E-state index contributed by atoms with van der Waals surface area (Å²) in [5, 5.41) is 3.40. The van der Waals surface area contributed by atoms with Gasteiger partial charge in [-0.25, -0.2) is 0 Å². The molecule has 0 heterocycles. The van der Waals surface area contributed by atoms with Crippen LogP contribution in [0.4, 0.5) is 0 Å². The van der Waals surface area contributed by atoms with Gasteiger partial charge in [0.2, 0.25) is 0 Å². The lowest BCUT2D eigenvalue weighted by Gasteiger charge is -2.10. The fourth-order valence-electron chi connectivity index (χ4n) is 1.43. The monoisotopic (exact) mass is 239 g/mol. The second-order valence-corrected chi connectivity index (χ2v) is 4.42. The van der Waals surface area contributed by atoms with Gasteiger partial charge in [0.15, 0.2) is 6.61 Å². The van der Waals surface area contributed by atoms with Crippen LogP contribution in [0.3, 0.4) is 0 Å². The van der Waals surface area contributed by atoms with E-state index in [1.54, 1.807) is 6.07 Å². The molecule has 0 saturated heterocycles. The number of nitrogens with one attached hydrogen (secondary N) is 1. The summed E-state index contributed by atoms with van der Waals surface area (Å²) in [5.74, 6) is 0.511. The molecule has 1 aromatic rings. The maximum absolute atomic E-state index is 11.4. The van der Waals surface area contributed by atoms with E-state index in [1.807, 2.05) is 19.1 Å². The number of carbonyl (C=O) groups excluding carboxylic acids is 1. The van der Waals surface area contributed by atoms with Crippen LogP contribution in [-0.2, 0) is 4.79 Å². The van der Waals surface area contributed by atoms with Gasteiger partial charge in [0.1, 0.15) is 5.75 Å². The number of hydrogen-bond donors (Lipinski definition) is 1. The average molecular weight is 240 g/mol. The van der Waals surface area contributed by atoms with E-state index in [0.29, 0.717) is 16.8 Å². The third-order valence-electron chi connectivity index (χ3n) is 2.45. The van der Waals surface area contributed by atoms with Crippen molar-refractivity contribution in [3.8, 4) is 5.75 Å². The van der Waals surface area contributed by atoms with Crippen LogP contribution in [-0.4, -0.2) is 18.6 Å². The Labute approximate surface area is 99.7 Å². The van der Waals surface area contributed by atoms with Crippen LogP contribution in [0.1, 0.15) is 18.4 Å². The molecule has 2 rings (SSSR count). The number of ether oxygens (including phenoxy) is 1. The molecule has 0 aromatic heterocycles. The fourth-order valence-corrected chi connectivity index (χ4v) is 1.71. The Morgan fingerprint density at radius 3 is 2.94 bits per heavy atom. The van der Waals surface area contributed by atoms with Gasteiger partial charge in [-0.2, -0.15) is 0 Å². The molecule has 0 radical (unpaired) electrons. The highest BCUT2D eigenvalue weighted by molar-refractivity contribution is 6.32. The number of benzene rings is 1. The van der Waals surface area contributed by atoms with Crippen molar-refractivity contribution in [2.24, 2.45) is 0 Å². The first kappa shape index (κ1) is 11.3. The highest BCUT2D eigenvalue weighted by atomic mass is 35.5. The summed E-state index contributed by atoms with van der Waals surface area (Å²) in [6, 6.07) is 5.88. The first-order chi connectivity index (χ1) is 7.66. The van der Waals surface area contributed by atoms with Gasteiger partial charge in [0, 0.05) is 6.04 Å². The van der Waals surface area contributed by atoms with E-state index >= 15 is 0 Å². The Hall–Kier alpha value is -1.22. The minimum atomic E-state index is -0.0816. The van der Waals surface area contributed by atoms with Gasteiger partial charge in [-0.3, -0.25) is 4.79 Å². The highest BCUT2D eigenvalue weighted by Crippen LogP contribution is 2.27. The zero-order valence-corrected chi connectivity index (χ0v) is 9.88. The van der Waals surface area contributed by atoms with E-state index in [2.05, 4.69) is 5.32 Å². The maximum atomic E-state index is 11.4. The zero-order valence-electron chi connectivity index (χ0n) is 9.13. The van der Waals surface area contributed by atoms with Crippen molar-refractivity contribution < 1.29 is 9.53 Å². The number of aryl methyl sites for hydroxylation is 1. The molecule has 0 unspecified atom stereocenters. The van der Waals surface area contributed by atoms with Gasteiger partial charge in [0.05, 0.1) is 5.02 Å². The second kappa shape index (κ2) is 4.74. The molecule has 0 spiro atoms. The molecule has 1 fully saturated rings. The van der Waals surface area contributed by atoms with Gasteiger partial charge in [-0.15, -0.1) is 0 Å². The number of rotatable bonds is 4. The van der Waals surface area contributed by atoms with Gasteiger partial charge >= 0.3 is 0 Å². The quantitative estimate of drug-likeness (QED) is 0.876. The van der Waals surface area contributed by atoms with Crippen LogP contribution < -0.4 is 10.1 Å². The van der Waals surface area contributed by atoms with E-state index < -0.39 is 0 Å². The maximum Gasteiger partial charge on any atom is 0.258 e. The van der Waals surface area contributed by atoms with E-state index in [-0.39, 0.29) is 12.5 Å². The SMILES string of the molecule is Cc1cccc(Cl)c1OCC(=O)NC1CC1. The molecule has 86 valence electrons. The predicted molar refractivity (Wildman–Crippen MR) is 62.8 cm³/mol. The third kappa shape index (κ3) is 2.89. The van der Waals surface area contributed by atoms with Crippen LogP contribution in [0.2, 0.25) is 5.02 Å². The molecule has 1 aliphatic carbocycles. The van der Waals surface area contributed by atoms with Crippen molar-refractivity contribution in [2.45, 2.75) is 25.8 Å². The summed E-state index contributed by atoms with van der Waals surface area (Å²) in [7, 11) is 0. The predicted octanol–water partition coefficient (Wildman–Crippen LogP) is 2.31. The van der Waals surface area contributed by atoms with Crippen molar-refractivity contribution in [3.63, 3.8) is 0 Å². The van der Waals surface area contributed by atoms with Crippen molar-refractivity contribution in [2.75, 3.05) is 6.61 Å². The molecule has 1 aromatic carbocycles. The van der Waals surface area contributed by atoms with Crippen LogP contribution in [0.15, 0.2) is 18.2 Å². The normalized spacial score (nSPS) is 14.6. The number of hydrogen-bond acceptors (Lipinski definition) is 2. The summed E-state index contributed by atoms with van der Waals surface area (Å²) < 4.78 is 5.41. The molecular formula is C12H14ClNO2. The molecule has 16 heavy (non-hydrogen) atoms. The summed E-state index contributed by atoms with van der Waals surface area (Å²) >= 11 is 5.97. The van der Waals surface area contributed by atoms with Crippen molar-refractivity contribution >= 4 is 17.5 Å². The lowest BCUT2D eigenvalue weighted by molar-refractivity contribution is -0.123. The van der Waals surface area contributed by atoms with Crippen molar-refractivity contribution in [3.05, 3.63) is 28.8 Å². The topological polar surface area (TPSA) is 38.3 Å². The summed E-state index contributed by atoms with van der Waals surface area (Å²) in [4.78, 5) is 11.4. The Bertz CT molecular complexity index is 382. The van der Waals surface area contributed by atoms with Crippen LogP contribution in [0.5, 0.6) is 5.75 Å².